The summed E-state index contributed by atoms with van der Waals surface area (Å²) in [7, 11) is 1.55. The third-order valence-corrected chi connectivity index (χ3v) is 4.05. The number of benzene rings is 2. The van der Waals surface area contributed by atoms with Gasteiger partial charge in [-0.15, -0.1) is 0 Å². The van der Waals surface area contributed by atoms with Crippen LogP contribution in [0.25, 0.3) is 10.9 Å². The summed E-state index contributed by atoms with van der Waals surface area (Å²) < 4.78 is 10.2. The molecule has 25 heavy (non-hydrogen) atoms. The molecular weight excluding hydrogens is 342 g/mol. The molecule has 1 N–H and O–H groups in total. The van der Waals surface area contributed by atoms with E-state index in [1.165, 1.54) is 0 Å². The van der Waals surface area contributed by atoms with Crippen LogP contribution in [0.2, 0.25) is 5.02 Å². The van der Waals surface area contributed by atoms with Crippen LogP contribution in [0, 0.1) is 0 Å². The first-order chi connectivity index (χ1) is 12.0. The van der Waals surface area contributed by atoms with Crippen molar-refractivity contribution in [1.29, 1.82) is 0 Å². The first-order valence-electron chi connectivity index (χ1n) is 7.72. The number of aromatic nitrogens is 1. The van der Waals surface area contributed by atoms with E-state index >= 15 is 0 Å². The van der Waals surface area contributed by atoms with E-state index in [9.17, 15) is 9.59 Å². The third kappa shape index (κ3) is 3.23. The van der Waals surface area contributed by atoms with Crippen molar-refractivity contribution in [2.75, 3.05) is 13.7 Å². The molecule has 0 atom stereocenters. The van der Waals surface area contributed by atoms with E-state index in [1.807, 2.05) is 0 Å². The number of methoxy groups -OCH3 is 1. The molecule has 0 bridgehead atoms. The summed E-state index contributed by atoms with van der Waals surface area (Å²) in [5, 5.41) is 1.13. The Balaban J connectivity index is 2.15. The number of hydrogen-bond acceptors (Lipinski definition) is 4. The summed E-state index contributed by atoms with van der Waals surface area (Å²) in [6, 6.07) is 11.8. The predicted molar refractivity (Wildman–Crippen MR) is 95.7 cm³/mol. The van der Waals surface area contributed by atoms with Crippen LogP contribution in [0.5, 0.6) is 5.75 Å². The molecule has 6 heteroatoms. The molecule has 1 aromatic heterocycles. The van der Waals surface area contributed by atoms with E-state index < -0.39 is 5.97 Å². The van der Waals surface area contributed by atoms with Crippen molar-refractivity contribution >= 4 is 34.3 Å². The van der Waals surface area contributed by atoms with Crippen LogP contribution >= 0.6 is 11.6 Å². The van der Waals surface area contributed by atoms with Crippen LogP contribution < -0.4 is 4.74 Å². The zero-order valence-corrected chi connectivity index (χ0v) is 14.5. The second-order valence-corrected chi connectivity index (χ2v) is 5.78. The number of ether oxygens (including phenoxy) is 2. The topological polar surface area (TPSA) is 68.4 Å². The number of rotatable bonds is 5. The van der Waals surface area contributed by atoms with Crippen LogP contribution in [0.3, 0.4) is 0 Å². The Bertz CT molecular complexity index is 944. The molecule has 0 amide bonds. The molecule has 0 saturated heterocycles. The van der Waals surface area contributed by atoms with Crippen LogP contribution in [-0.2, 0) is 4.74 Å². The number of H-pyrrole nitrogens is 1. The van der Waals surface area contributed by atoms with Crippen molar-refractivity contribution in [1.82, 2.24) is 4.98 Å². The highest BCUT2D eigenvalue weighted by Gasteiger charge is 2.25. The van der Waals surface area contributed by atoms with Crippen LogP contribution in [-0.4, -0.2) is 30.5 Å². The van der Waals surface area contributed by atoms with Gasteiger partial charge in [-0.2, -0.15) is 0 Å². The van der Waals surface area contributed by atoms with E-state index in [1.54, 1.807) is 56.5 Å². The van der Waals surface area contributed by atoms with Gasteiger partial charge in [-0.3, -0.25) is 4.79 Å². The number of carbonyl (C=O) groups is 2. The zero-order valence-electron chi connectivity index (χ0n) is 13.8. The lowest BCUT2D eigenvalue weighted by molar-refractivity contribution is 0.0518. The van der Waals surface area contributed by atoms with Crippen LogP contribution in [0.15, 0.2) is 42.5 Å². The summed E-state index contributed by atoms with van der Waals surface area (Å²) in [4.78, 5) is 28.3. The number of hydrogen-bond donors (Lipinski definition) is 1. The van der Waals surface area contributed by atoms with Gasteiger partial charge in [0.1, 0.15) is 11.4 Å². The summed E-state index contributed by atoms with van der Waals surface area (Å²) in [5.74, 6) is -0.209. The first kappa shape index (κ1) is 17.0. The molecule has 1 heterocycles. The largest absolute Gasteiger partial charge is 0.497 e. The van der Waals surface area contributed by atoms with Gasteiger partial charge in [0.05, 0.1) is 19.3 Å². The number of halogens is 1. The molecule has 0 spiro atoms. The first-order valence-corrected chi connectivity index (χ1v) is 8.10. The Kier molecular flexibility index (Phi) is 4.76. The van der Waals surface area contributed by atoms with E-state index in [0.29, 0.717) is 27.2 Å². The quantitative estimate of drug-likeness (QED) is 0.548. The van der Waals surface area contributed by atoms with Crippen molar-refractivity contribution < 1.29 is 19.1 Å². The molecule has 0 unspecified atom stereocenters. The molecule has 2 aromatic carbocycles. The average Bonchev–Trinajstić information content (AvgIpc) is 3.00. The SMILES string of the molecule is CCOC(=O)c1[nH]c2cc(Cl)ccc2c1C(=O)c1ccc(OC)cc1. The highest BCUT2D eigenvalue weighted by atomic mass is 35.5. The molecule has 0 radical (unpaired) electrons. The molecule has 3 rings (SSSR count). The summed E-state index contributed by atoms with van der Waals surface area (Å²) in [6.07, 6.45) is 0. The van der Waals surface area contributed by atoms with Crippen molar-refractivity contribution in [3.8, 4) is 5.75 Å². The molecule has 128 valence electrons. The Morgan fingerprint density at radius 3 is 2.48 bits per heavy atom. The highest BCUT2D eigenvalue weighted by Crippen LogP contribution is 2.28. The maximum Gasteiger partial charge on any atom is 0.355 e. The monoisotopic (exact) mass is 357 g/mol. The van der Waals surface area contributed by atoms with Crippen LogP contribution in [0.1, 0.15) is 33.3 Å². The molecular formula is C19H16ClNO4. The Labute approximate surface area is 149 Å². The van der Waals surface area contributed by atoms with Crippen LogP contribution in [0.4, 0.5) is 0 Å². The highest BCUT2D eigenvalue weighted by molar-refractivity contribution is 6.31. The minimum Gasteiger partial charge on any atom is -0.497 e. The lowest BCUT2D eigenvalue weighted by Gasteiger charge is -2.05. The summed E-state index contributed by atoms with van der Waals surface area (Å²) in [5.41, 5.74) is 1.45. The third-order valence-electron chi connectivity index (χ3n) is 3.82. The predicted octanol–water partition coefficient (Wildman–Crippen LogP) is 4.24. The van der Waals surface area contributed by atoms with Gasteiger partial charge in [0, 0.05) is 21.5 Å². The Hall–Kier alpha value is -2.79. The van der Waals surface area contributed by atoms with E-state index in [-0.39, 0.29) is 23.6 Å². The normalized spacial score (nSPS) is 10.7. The van der Waals surface area contributed by atoms with Gasteiger partial charge < -0.3 is 14.5 Å². The number of fused-ring (bicyclic) bond motifs is 1. The fraction of sp³-hybridized carbons (Fsp3) is 0.158. The molecule has 0 fully saturated rings. The molecule has 5 nitrogen and oxygen atoms in total. The van der Waals surface area contributed by atoms with Crippen molar-refractivity contribution in [2.45, 2.75) is 6.92 Å². The number of aromatic amines is 1. The maximum absolute atomic E-state index is 13.0. The van der Waals surface area contributed by atoms with Gasteiger partial charge in [0.15, 0.2) is 5.78 Å². The van der Waals surface area contributed by atoms with Gasteiger partial charge in [-0.05, 0) is 43.3 Å². The van der Waals surface area contributed by atoms with Crippen molar-refractivity contribution in [3.05, 3.63) is 64.3 Å². The molecule has 3 aromatic rings. The molecule has 0 aliphatic carbocycles. The number of esters is 1. The van der Waals surface area contributed by atoms with Gasteiger partial charge in [0.2, 0.25) is 0 Å². The maximum atomic E-state index is 13.0. The van der Waals surface area contributed by atoms with E-state index in [4.69, 9.17) is 21.1 Å². The summed E-state index contributed by atoms with van der Waals surface area (Å²) in [6.45, 7) is 1.92. The fourth-order valence-electron chi connectivity index (χ4n) is 2.65. The van der Waals surface area contributed by atoms with Crippen molar-refractivity contribution in [2.24, 2.45) is 0 Å². The minimum atomic E-state index is -0.577. The fourth-order valence-corrected chi connectivity index (χ4v) is 2.82. The van der Waals surface area contributed by atoms with Gasteiger partial charge in [-0.1, -0.05) is 17.7 Å². The number of ketones is 1. The van der Waals surface area contributed by atoms with Gasteiger partial charge >= 0.3 is 5.97 Å². The lowest BCUT2D eigenvalue weighted by atomic mass is 10.00. The summed E-state index contributed by atoms with van der Waals surface area (Å²) >= 11 is 6.02. The zero-order chi connectivity index (χ0) is 18.0. The number of carbonyl (C=O) groups excluding carboxylic acids is 2. The average molecular weight is 358 g/mol. The Morgan fingerprint density at radius 1 is 1.12 bits per heavy atom. The number of nitrogens with one attached hydrogen (secondary N) is 1. The lowest BCUT2D eigenvalue weighted by Crippen LogP contribution is -2.12. The van der Waals surface area contributed by atoms with E-state index in [0.717, 1.165) is 0 Å². The second-order valence-electron chi connectivity index (χ2n) is 5.34. The second kappa shape index (κ2) is 6.99. The Morgan fingerprint density at radius 2 is 1.84 bits per heavy atom. The molecule has 0 saturated carbocycles. The van der Waals surface area contributed by atoms with E-state index in [2.05, 4.69) is 4.98 Å². The van der Waals surface area contributed by atoms with Crippen molar-refractivity contribution in [3.63, 3.8) is 0 Å². The smallest absolute Gasteiger partial charge is 0.355 e. The van der Waals surface area contributed by atoms with Gasteiger partial charge in [-0.25, -0.2) is 4.79 Å². The standard InChI is InChI=1S/C19H16ClNO4/c1-3-25-19(23)17-16(14-9-6-12(20)10-15(14)21-17)18(22)11-4-7-13(24-2)8-5-11/h4-10,21H,3H2,1-2H3. The molecule has 0 aliphatic heterocycles. The minimum absolute atomic E-state index is 0.125. The molecule has 0 aliphatic rings. The van der Waals surface area contributed by atoms with Gasteiger partial charge in [0.25, 0.3) is 0 Å².